The Morgan fingerprint density at radius 1 is 1.03 bits per heavy atom. The number of amides is 2. The monoisotopic (exact) mass is 473 g/mol. The molecule has 2 amide bonds. The molecule has 2 aromatic carbocycles. The van der Waals surface area contributed by atoms with Crippen LogP contribution in [0.15, 0.2) is 59.7 Å². The van der Waals surface area contributed by atoms with Crippen LogP contribution in [0, 0.1) is 45.6 Å². The van der Waals surface area contributed by atoms with Crippen LogP contribution in [-0.4, -0.2) is 35.1 Å². The molecule has 1 saturated heterocycles. The van der Waals surface area contributed by atoms with Gasteiger partial charge in [0, 0.05) is 12.1 Å². The first kappa shape index (κ1) is 21.5. The van der Waals surface area contributed by atoms with Crippen molar-refractivity contribution >= 4 is 23.7 Å². The summed E-state index contributed by atoms with van der Waals surface area (Å²) >= 11 is 0. The number of carbonyl (C=O) groups is 2. The van der Waals surface area contributed by atoms with Crippen molar-refractivity contribution in [1.29, 1.82) is 0 Å². The lowest BCUT2D eigenvalue weighted by molar-refractivity contribution is -0.384. The zero-order chi connectivity index (χ0) is 24.3. The number of hydrogen-bond donors (Lipinski definition) is 0. The highest BCUT2D eigenvalue weighted by molar-refractivity contribution is 6.06. The van der Waals surface area contributed by atoms with E-state index in [1.807, 2.05) is 0 Å². The molecular formula is C26H23N3O6. The van der Waals surface area contributed by atoms with E-state index >= 15 is 0 Å². The van der Waals surface area contributed by atoms with Gasteiger partial charge in [0.15, 0.2) is 11.5 Å². The van der Waals surface area contributed by atoms with Crippen molar-refractivity contribution in [3.8, 4) is 11.5 Å². The summed E-state index contributed by atoms with van der Waals surface area (Å²) in [6.45, 7) is 0.208. The van der Waals surface area contributed by atoms with Crippen LogP contribution >= 0.6 is 0 Å². The Bertz CT molecular complexity index is 1250. The highest BCUT2D eigenvalue weighted by Crippen LogP contribution is 2.65. The molecule has 9 nitrogen and oxygen atoms in total. The average Bonchev–Trinajstić information content (AvgIpc) is 3.66. The van der Waals surface area contributed by atoms with Gasteiger partial charge in [0.2, 0.25) is 0 Å². The maximum atomic E-state index is 13.1. The lowest BCUT2D eigenvalue weighted by Crippen LogP contribution is -2.40. The molecule has 0 N–H and O–H groups in total. The summed E-state index contributed by atoms with van der Waals surface area (Å²) in [6, 6.07) is 11.3. The van der Waals surface area contributed by atoms with E-state index in [9.17, 15) is 19.7 Å². The van der Waals surface area contributed by atoms with Crippen molar-refractivity contribution in [2.75, 3.05) is 7.11 Å². The fourth-order valence-corrected chi connectivity index (χ4v) is 5.94. The van der Waals surface area contributed by atoms with Crippen LogP contribution in [0.1, 0.15) is 17.5 Å². The van der Waals surface area contributed by atoms with Gasteiger partial charge in [0.05, 0.1) is 30.1 Å². The smallest absolute Gasteiger partial charge is 0.269 e. The summed E-state index contributed by atoms with van der Waals surface area (Å²) in [7, 11) is 1.52. The number of methoxy groups -OCH3 is 1. The molecule has 0 aromatic heterocycles. The van der Waals surface area contributed by atoms with Crippen LogP contribution in [0.2, 0.25) is 0 Å². The van der Waals surface area contributed by atoms with E-state index in [1.54, 1.807) is 30.3 Å². The van der Waals surface area contributed by atoms with Gasteiger partial charge < -0.3 is 9.47 Å². The van der Waals surface area contributed by atoms with Gasteiger partial charge in [-0.15, -0.1) is 0 Å². The second-order valence-electron chi connectivity index (χ2n) is 9.51. The Balaban J connectivity index is 1.15. The predicted octanol–water partition coefficient (Wildman–Crippen LogP) is 3.57. The first-order valence-electron chi connectivity index (χ1n) is 11.6. The summed E-state index contributed by atoms with van der Waals surface area (Å²) in [5.41, 5.74) is 1.45. The second kappa shape index (κ2) is 8.04. The largest absolute Gasteiger partial charge is 0.493 e. The van der Waals surface area contributed by atoms with E-state index in [2.05, 4.69) is 17.3 Å². The molecule has 2 bridgehead atoms. The molecular weight excluding hydrogens is 450 g/mol. The zero-order valence-electron chi connectivity index (χ0n) is 18.9. The minimum absolute atomic E-state index is 0.0184. The minimum Gasteiger partial charge on any atom is -0.493 e. The van der Waals surface area contributed by atoms with E-state index in [0.717, 1.165) is 17.0 Å². The van der Waals surface area contributed by atoms with Crippen molar-refractivity contribution in [2.24, 2.45) is 40.6 Å². The van der Waals surface area contributed by atoms with Crippen LogP contribution in [0.3, 0.4) is 0 Å². The van der Waals surface area contributed by atoms with Crippen molar-refractivity contribution in [3.05, 3.63) is 75.9 Å². The molecule has 0 radical (unpaired) electrons. The SMILES string of the molecule is COc1cc(/C=N\N2C(=O)[C@@H]3[C@@H]4C=C[C@H]([C@@H]5C[C@H]45)[C@@H]3C2=O)ccc1OCc1ccc([N+](=O)[O-])cc1. The van der Waals surface area contributed by atoms with Gasteiger partial charge in [-0.3, -0.25) is 19.7 Å². The number of rotatable bonds is 7. The summed E-state index contributed by atoms with van der Waals surface area (Å²) in [6.07, 6.45) is 6.89. The molecule has 4 aliphatic carbocycles. The average molecular weight is 473 g/mol. The number of nitro groups is 1. The number of ether oxygens (including phenoxy) is 2. The quantitative estimate of drug-likeness (QED) is 0.200. The Kier molecular flexibility index (Phi) is 4.94. The van der Waals surface area contributed by atoms with E-state index < -0.39 is 4.92 Å². The molecule has 178 valence electrons. The number of imide groups is 1. The third-order valence-electron chi connectivity index (χ3n) is 7.69. The lowest BCUT2D eigenvalue weighted by atomic mass is 9.63. The Labute approximate surface area is 201 Å². The minimum atomic E-state index is -0.450. The number of benzene rings is 2. The molecule has 3 fully saturated rings. The maximum absolute atomic E-state index is 13.1. The molecule has 9 heteroatoms. The lowest BCUT2D eigenvalue weighted by Gasteiger charge is -2.37. The third-order valence-corrected chi connectivity index (χ3v) is 7.69. The van der Waals surface area contributed by atoms with Crippen molar-refractivity contribution < 1.29 is 24.0 Å². The van der Waals surface area contributed by atoms with E-state index in [-0.39, 0.29) is 47.8 Å². The molecule has 6 atom stereocenters. The van der Waals surface area contributed by atoms with Gasteiger partial charge in [-0.2, -0.15) is 10.1 Å². The summed E-state index contributed by atoms with van der Waals surface area (Å²) in [5, 5.41) is 16.1. The topological polar surface area (TPSA) is 111 Å². The first-order chi connectivity index (χ1) is 17.0. The van der Waals surface area contributed by atoms with Gasteiger partial charge in [-0.05, 0) is 71.6 Å². The fraction of sp³-hybridized carbons (Fsp3) is 0.346. The number of nitrogens with zero attached hydrogens (tertiary/aromatic N) is 3. The molecule has 5 aliphatic rings. The van der Waals surface area contributed by atoms with Gasteiger partial charge >= 0.3 is 0 Å². The predicted molar refractivity (Wildman–Crippen MR) is 125 cm³/mol. The summed E-state index contributed by atoms with van der Waals surface area (Å²) in [5.74, 6) is 1.44. The molecule has 2 aromatic rings. The van der Waals surface area contributed by atoms with Gasteiger partial charge in [0.25, 0.3) is 17.5 Å². The normalized spacial score (nSPS) is 29.9. The van der Waals surface area contributed by atoms with E-state index in [4.69, 9.17) is 9.47 Å². The first-order valence-corrected chi connectivity index (χ1v) is 11.6. The van der Waals surface area contributed by atoms with Gasteiger partial charge in [-0.1, -0.05) is 12.2 Å². The fourth-order valence-electron chi connectivity index (χ4n) is 5.94. The Hall–Kier alpha value is -4.01. The number of non-ortho nitro benzene ring substituents is 1. The molecule has 1 aliphatic heterocycles. The maximum Gasteiger partial charge on any atom is 0.269 e. The second-order valence-corrected chi connectivity index (χ2v) is 9.51. The van der Waals surface area contributed by atoms with Crippen LogP contribution in [0.25, 0.3) is 0 Å². The zero-order valence-corrected chi connectivity index (χ0v) is 18.9. The van der Waals surface area contributed by atoms with E-state index in [1.165, 1.54) is 25.5 Å². The van der Waals surface area contributed by atoms with Crippen molar-refractivity contribution in [3.63, 3.8) is 0 Å². The van der Waals surface area contributed by atoms with Crippen LogP contribution < -0.4 is 9.47 Å². The van der Waals surface area contributed by atoms with Crippen LogP contribution in [-0.2, 0) is 16.2 Å². The molecule has 35 heavy (non-hydrogen) atoms. The Morgan fingerprint density at radius 2 is 1.69 bits per heavy atom. The highest BCUT2D eigenvalue weighted by atomic mass is 16.6. The van der Waals surface area contributed by atoms with Crippen LogP contribution in [0.4, 0.5) is 5.69 Å². The number of allylic oxidation sites excluding steroid dienone is 2. The molecule has 2 saturated carbocycles. The number of carbonyl (C=O) groups excluding carboxylic acids is 2. The summed E-state index contributed by atoms with van der Waals surface area (Å²) in [4.78, 5) is 36.5. The van der Waals surface area contributed by atoms with E-state index in [0.29, 0.717) is 28.9 Å². The number of nitro benzene ring substituents is 1. The molecule has 7 rings (SSSR count). The molecule has 0 unspecified atom stereocenters. The van der Waals surface area contributed by atoms with Crippen molar-refractivity contribution in [1.82, 2.24) is 5.01 Å². The molecule has 1 heterocycles. The van der Waals surface area contributed by atoms with Crippen molar-refractivity contribution in [2.45, 2.75) is 13.0 Å². The molecule has 0 spiro atoms. The number of hydrogen-bond acceptors (Lipinski definition) is 7. The highest BCUT2D eigenvalue weighted by Gasteiger charge is 2.67. The van der Waals surface area contributed by atoms with Gasteiger partial charge in [0.1, 0.15) is 6.61 Å². The van der Waals surface area contributed by atoms with Gasteiger partial charge in [-0.25, -0.2) is 0 Å². The third kappa shape index (κ3) is 3.50. The Morgan fingerprint density at radius 3 is 2.29 bits per heavy atom. The standard InChI is InChI=1S/C26H23N3O6/c1-34-22-10-15(4-9-21(22)35-13-14-2-5-16(6-3-14)29(32)33)12-27-28-25(30)23-17-7-8-18(20-11-19(17)20)24(23)26(28)31/h2-10,12,17-20,23-24H,11,13H2,1H3/b27-12-/t17-,18-,19-,20+,23-,24+/m1/s1. The summed E-state index contributed by atoms with van der Waals surface area (Å²) < 4.78 is 11.3. The van der Waals surface area contributed by atoms with Crippen LogP contribution in [0.5, 0.6) is 11.5 Å². The number of hydrazone groups is 1.